The van der Waals surface area contributed by atoms with Crippen LogP contribution >= 0.6 is 11.1 Å². The van der Waals surface area contributed by atoms with Crippen LogP contribution in [0.15, 0.2) is 0 Å². The molecule has 0 bridgehead atoms. The Bertz CT molecular complexity index is 154. The van der Waals surface area contributed by atoms with Gasteiger partial charge in [0.05, 0.1) is 0 Å². The van der Waals surface area contributed by atoms with Crippen LogP contribution in [0.1, 0.15) is 20.3 Å². The number of halogens is 1. The molecular formula is C8H16ClNOSi. The third kappa shape index (κ3) is 4.63. The van der Waals surface area contributed by atoms with E-state index < -0.39 is 7.38 Å². The number of nitriles is 1. The highest BCUT2D eigenvalue weighted by Crippen LogP contribution is 2.26. The molecule has 0 saturated carbocycles. The molecule has 0 aromatic rings. The van der Waals surface area contributed by atoms with Crippen LogP contribution in [0.2, 0.25) is 18.1 Å². The molecule has 0 aromatic carbocycles. The Balaban J connectivity index is 3.53. The van der Waals surface area contributed by atoms with Gasteiger partial charge in [0.15, 0.2) is 7.38 Å². The molecule has 12 heavy (non-hydrogen) atoms. The van der Waals surface area contributed by atoms with Crippen LogP contribution in [-0.4, -0.2) is 14.0 Å². The fourth-order valence-electron chi connectivity index (χ4n) is 1.11. The van der Waals surface area contributed by atoms with Crippen LogP contribution in [-0.2, 0) is 4.74 Å². The van der Waals surface area contributed by atoms with Crippen molar-refractivity contribution in [1.29, 1.82) is 5.26 Å². The van der Waals surface area contributed by atoms with Crippen LogP contribution in [0.25, 0.3) is 0 Å². The Kier molecular flexibility index (Phi) is 6.22. The molecular weight excluding hydrogens is 190 g/mol. The van der Waals surface area contributed by atoms with Gasteiger partial charge in [-0.1, -0.05) is 13.8 Å². The van der Waals surface area contributed by atoms with Gasteiger partial charge in [0.1, 0.15) is 6.61 Å². The highest BCUT2D eigenvalue weighted by Gasteiger charge is 2.25. The number of hydrogen-bond acceptors (Lipinski definition) is 2. The van der Waals surface area contributed by atoms with E-state index in [-0.39, 0.29) is 0 Å². The normalized spacial score (nSPS) is 10.8. The number of nitrogens with zero attached hydrogens (tertiary/aromatic N) is 1. The zero-order valence-electron chi connectivity index (χ0n) is 7.77. The van der Waals surface area contributed by atoms with Crippen molar-refractivity contribution in [2.24, 2.45) is 0 Å². The summed E-state index contributed by atoms with van der Waals surface area (Å²) < 4.78 is 4.59. The molecule has 0 spiro atoms. The number of rotatable bonds is 6. The SMILES string of the molecule is CC[Si](Cl)(CC)CCCOC#N. The van der Waals surface area contributed by atoms with Gasteiger partial charge in [-0.3, -0.25) is 0 Å². The maximum absolute atomic E-state index is 8.12. The first-order valence-corrected chi connectivity index (χ1v) is 8.01. The van der Waals surface area contributed by atoms with E-state index in [2.05, 4.69) is 18.6 Å². The second kappa shape index (κ2) is 6.33. The lowest BCUT2D eigenvalue weighted by molar-refractivity contribution is 0.270. The lowest BCUT2D eigenvalue weighted by Gasteiger charge is -2.19. The summed E-state index contributed by atoms with van der Waals surface area (Å²) in [6.45, 7) is 4.82. The first-order valence-electron chi connectivity index (χ1n) is 4.38. The molecule has 0 rings (SSSR count). The Labute approximate surface area is 80.2 Å². The minimum atomic E-state index is -1.46. The molecule has 0 unspecified atom stereocenters. The molecule has 0 radical (unpaired) electrons. The summed E-state index contributed by atoms with van der Waals surface area (Å²) in [5.41, 5.74) is 0. The molecule has 0 N–H and O–H groups in total. The summed E-state index contributed by atoms with van der Waals surface area (Å²) >= 11 is 6.39. The van der Waals surface area contributed by atoms with Gasteiger partial charge in [-0.2, -0.15) is 16.3 Å². The summed E-state index contributed by atoms with van der Waals surface area (Å²) in [6, 6.07) is 3.28. The van der Waals surface area contributed by atoms with Gasteiger partial charge in [-0.15, -0.1) is 0 Å². The van der Waals surface area contributed by atoms with Gasteiger partial charge in [0, 0.05) is 0 Å². The van der Waals surface area contributed by atoms with Crippen LogP contribution in [0, 0.1) is 11.5 Å². The molecule has 4 heteroatoms. The predicted octanol–water partition coefficient (Wildman–Crippen LogP) is 3.10. The van der Waals surface area contributed by atoms with E-state index in [1.165, 1.54) is 0 Å². The lowest BCUT2D eigenvalue weighted by Crippen LogP contribution is -2.24. The van der Waals surface area contributed by atoms with Crippen LogP contribution < -0.4 is 0 Å². The van der Waals surface area contributed by atoms with Crippen LogP contribution in [0.5, 0.6) is 0 Å². The Morgan fingerprint density at radius 2 is 2.00 bits per heavy atom. The molecule has 0 aliphatic heterocycles. The quantitative estimate of drug-likeness (QED) is 0.289. The van der Waals surface area contributed by atoms with Crippen molar-refractivity contribution in [1.82, 2.24) is 0 Å². The van der Waals surface area contributed by atoms with Crippen molar-refractivity contribution in [2.75, 3.05) is 6.61 Å². The van der Waals surface area contributed by atoms with E-state index in [0.717, 1.165) is 24.6 Å². The van der Waals surface area contributed by atoms with Gasteiger partial charge in [-0.25, -0.2) is 0 Å². The standard InChI is InChI=1S/C8H16ClNOSi/c1-3-12(9,4-2)7-5-6-11-8-10/h3-7H2,1-2H3. The van der Waals surface area contributed by atoms with E-state index in [1.807, 2.05) is 0 Å². The fraction of sp³-hybridized carbons (Fsp3) is 0.875. The zero-order chi connectivity index (χ0) is 9.45. The summed E-state index contributed by atoms with van der Waals surface area (Å²) in [7, 11) is -1.46. The van der Waals surface area contributed by atoms with Crippen molar-refractivity contribution < 1.29 is 4.74 Å². The third-order valence-corrected chi connectivity index (χ3v) is 8.16. The maximum atomic E-state index is 8.12. The topological polar surface area (TPSA) is 33.0 Å². The van der Waals surface area contributed by atoms with E-state index in [0.29, 0.717) is 6.61 Å². The second-order valence-corrected chi connectivity index (χ2v) is 9.52. The van der Waals surface area contributed by atoms with Gasteiger partial charge in [0.25, 0.3) is 6.26 Å². The number of ether oxygens (including phenoxy) is 1. The maximum Gasteiger partial charge on any atom is 0.286 e. The largest absolute Gasteiger partial charge is 0.428 e. The number of hydrogen-bond donors (Lipinski definition) is 0. The van der Waals surface area contributed by atoms with Gasteiger partial charge >= 0.3 is 0 Å². The average molecular weight is 206 g/mol. The minimum Gasteiger partial charge on any atom is -0.428 e. The average Bonchev–Trinajstić information content (AvgIpc) is 2.12. The monoisotopic (exact) mass is 205 g/mol. The second-order valence-electron chi connectivity index (χ2n) is 2.90. The Hall–Kier alpha value is -0.203. The van der Waals surface area contributed by atoms with Crippen molar-refractivity contribution in [2.45, 2.75) is 38.4 Å². The molecule has 0 heterocycles. The molecule has 70 valence electrons. The summed E-state index contributed by atoms with van der Waals surface area (Å²) in [6.07, 6.45) is 2.58. The minimum absolute atomic E-state index is 0.526. The highest BCUT2D eigenvalue weighted by molar-refractivity contribution is 7.20. The molecule has 0 atom stereocenters. The van der Waals surface area contributed by atoms with Crippen molar-refractivity contribution in [3.8, 4) is 6.26 Å². The molecule has 2 nitrogen and oxygen atoms in total. The van der Waals surface area contributed by atoms with E-state index in [4.69, 9.17) is 16.3 Å². The fourth-order valence-corrected chi connectivity index (χ4v) is 3.50. The van der Waals surface area contributed by atoms with Gasteiger partial charge in [-0.05, 0) is 24.6 Å². The van der Waals surface area contributed by atoms with Gasteiger partial charge < -0.3 is 4.74 Å². The molecule has 0 saturated heterocycles. The molecule has 0 fully saturated rings. The van der Waals surface area contributed by atoms with Crippen molar-refractivity contribution in [3.63, 3.8) is 0 Å². The third-order valence-electron chi connectivity index (χ3n) is 2.20. The van der Waals surface area contributed by atoms with Crippen molar-refractivity contribution in [3.05, 3.63) is 0 Å². The first kappa shape index (κ1) is 11.8. The summed E-state index contributed by atoms with van der Waals surface area (Å²) in [5.74, 6) is 0. The molecule has 0 aromatic heterocycles. The lowest BCUT2D eigenvalue weighted by atomic mass is 10.5. The zero-order valence-corrected chi connectivity index (χ0v) is 9.52. The highest BCUT2D eigenvalue weighted by atomic mass is 35.6. The smallest absolute Gasteiger partial charge is 0.286 e. The molecule has 0 aliphatic rings. The molecule has 0 amide bonds. The first-order chi connectivity index (χ1) is 5.68. The van der Waals surface area contributed by atoms with E-state index in [1.54, 1.807) is 6.26 Å². The summed E-state index contributed by atoms with van der Waals surface area (Å²) in [4.78, 5) is 0. The Morgan fingerprint density at radius 3 is 2.42 bits per heavy atom. The predicted molar refractivity (Wildman–Crippen MR) is 53.6 cm³/mol. The van der Waals surface area contributed by atoms with Crippen molar-refractivity contribution >= 4 is 18.5 Å². The van der Waals surface area contributed by atoms with Crippen LogP contribution in [0.3, 0.4) is 0 Å². The van der Waals surface area contributed by atoms with E-state index in [9.17, 15) is 0 Å². The summed E-state index contributed by atoms with van der Waals surface area (Å²) in [5, 5.41) is 8.12. The Morgan fingerprint density at radius 1 is 1.42 bits per heavy atom. The van der Waals surface area contributed by atoms with Crippen LogP contribution in [0.4, 0.5) is 0 Å². The molecule has 0 aliphatic carbocycles. The van der Waals surface area contributed by atoms with E-state index >= 15 is 0 Å². The van der Waals surface area contributed by atoms with Gasteiger partial charge in [0.2, 0.25) is 0 Å².